The highest BCUT2D eigenvalue weighted by Crippen LogP contribution is 2.37. The minimum atomic E-state index is -0.518. The Labute approximate surface area is 146 Å². The van der Waals surface area contributed by atoms with Crippen LogP contribution in [0.4, 0.5) is 4.39 Å². The molecule has 0 saturated carbocycles. The second kappa shape index (κ2) is 8.33. The minimum absolute atomic E-state index is 0. The number of carbonyl (C=O) groups is 1. The van der Waals surface area contributed by atoms with Gasteiger partial charge in [0.1, 0.15) is 5.82 Å². The molecular weight excluding hydrogens is 339 g/mol. The predicted octanol–water partition coefficient (Wildman–Crippen LogP) is 2.65. The van der Waals surface area contributed by atoms with E-state index in [1.165, 1.54) is 17.8 Å². The van der Waals surface area contributed by atoms with E-state index >= 15 is 0 Å². The van der Waals surface area contributed by atoms with Crippen LogP contribution in [-0.2, 0) is 9.53 Å². The molecule has 128 valence electrons. The Morgan fingerprint density at radius 1 is 1.35 bits per heavy atom. The molecule has 4 nitrogen and oxygen atoms in total. The van der Waals surface area contributed by atoms with Gasteiger partial charge in [0.2, 0.25) is 5.91 Å². The first kappa shape index (κ1) is 18.5. The van der Waals surface area contributed by atoms with Gasteiger partial charge in [-0.05, 0) is 36.8 Å². The van der Waals surface area contributed by atoms with Gasteiger partial charge >= 0.3 is 0 Å². The van der Waals surface area contributed by atoms with E-state index in [4.69, 9.17) is 10.5 Å². The van der Waals surface area contributed by atoms with E-state index in [2.05, 4.69) is 5.32 Å². The molecule has 23 heavy (non-hydrogen) atoms. The van der Waals surface area contributed by atoms with Crippen molar-refractivity contribution >= 4 is 30.1 Å². The Morgan fingerprint density at radius 3 is 2.83 bits per heavy atom. The average molecular weight is 361 g/mol. The average Bonchev–Trinajstić information content (AvgIpc) is 2.56. The van der Waals surface area contributed by atoms with Crippen molar-refractivity contribution in [3.63, 3.8) is 0 Å². The third kappa shape index (κ3) is 4.18. The van der Waals surface area contributed by atoms with Crippen LogP contribution < -0.4 is 11.1 Å². The van der Waals surface area contributed by atoms with Crippen molar-refractivity contribution in [3.05, 3.63) is 29.6 Å². The molecule has 1 aromatic rings. The lowest BCUT2D eigenvalue weighted by Crippen LogP contribution is -2.48. The molecule has 0 spiro atoms. The summed E-state index contributed by atoms with van der Waals surface area (Å²) in [5.74, 6) is 0.610. The molecule has 2 aliphatic heterocycles. The summed E-state index contributed by atoms with van der Waals surface area (Å²) >= 11 is 1.51. The lowest BCUT2D eigenvalue weighted by Gasteiger charge is -2.30. The van der Waals surface area contributed by atoms with Crippen LogP contribution in [0.5, 0.6) is 0 Å². The third-order valence-electron chi connectivity index (χ3n) is 4.42. The summed E-state index contributed by atoms with van der Waals surface area (Å²) in [5, 5.41) is 3.01. The van der Waals surface area contributed by atoms with Crippen molar-refractivity contribution < 1.29 is 13.9 Å². The number of hydrogen-bond donors (Lipinski definition) is 2. The summed E-state index contributed by atoms with van der Waals surface area (Å²) < 4.78 is 19.2. The highest BCUT2D eigenvalue weighted by molar-refractivity contribution is 7.99. The van der Waals surface area contributed by atoms with E-state index in [1.807, 2.05) is 6.07 Å². The summed E-state index contributed by atoms with van der Waals surface area (Å²) in [6.07, 6.45) is 2.44. The quantitative estimate of drug-likeness (QED) is 0.869. The van der Waals surface area contributed by atoms with E-state index in [-0.39, 0.29) is 36.1 Å². The van der Waals surface area contributed by atoms with Gasteiger partial charge < -0.3 is 15.8 Å². The highest BCUT2D eigenvalue weighted by atomic mass is 35.5. The Kier molecular flexibility index (Phi) is 6.71. The molecular formula is C16H22ClFN2O2S. The van der Waals surface area contributed by atoms with Crippen LogP contribution >= 0.6 is 24.2 Å². The molecule has 3 N–H and O–H groups in total. The predicted molar refractivity (Wildman–Crippen MR) is 91.4 cm³/mol. The topological polar surface area (TPSA) is 64.4 Å². The maximum Gasteiger partial charge on any atom is 0.237 e. The monoisotopic (exact) mass is 360 g/mol. The van der Waals surface area contributed by atoms with Crippen molar-refractivity contribution in [2.45, 2.75) is 36.2 Å². The molecule has 0 aromatic heterocycles. The van der Waals surface area contributed by atoms with E-state index < -0.39 is 6.04 Å². The van der Waals surface area contributed by atoms with Gasteiger partial charge in [0.15, 0.2) is 0 Å². The molecule has 1 aromatic carbocycles. The van der Waals surface area contributed by atoms with E-state index in [1.54, 1.807) is 6.07 Å². The lowest BCUT2D eigenvalue weighted by molar-refractivity contribution is -0.125. The molecule has 1 fully saturated rings. The third-order valence-corrected chi connectivity index (χ3v) is 5.58. The largest absolute Gasteiger partial charge is 0.381 e. The smallest absolute Gasteiger partial charge is 0.237 e. The SMILES string of the molecule is Cl.NC(C(=O)NC1CCSc2c(F)cccc21)C1CCOCC1. The summed E-state index contributed by atoms with van der Waals surface area (Å²) in [6, 6.07) is 4.37. The number of thioether (sulfide) groups is 1. The van der Waals surface area contributed by atoms with Crippen LogP contribution in [0.15, 0.2) is 23.1 Å². The zero-order chi connectivity index (χ0) is 15.5. The number of fused-ring (bicyclic) bond motifs is 1. The Balaban J connectivity index is 0.00000192. The second-order valence-electron chi connectivity index (χ2n) is 5.83. The number of hydrogen-bond acceptors (Lipinski definition) is 4. The molecule has 2 unspecified atom stereocenters. The molecule has 1 amide bonds. The van der Waals surface area contributed by atoms with Crippen LogP contribution in [0, 0.1) is 11.7 Å². The molecule has 0 aliphatic carbocycles. The number of amides is 1. The second-order valence-corrected chi connectivity index (χ2v) is 6.94. The number of halogens is 2. The fourth-order valence-electron chi connectivity index (χ4n) is 3.09. The molecule has 2 atom stereocenters. The number of carbonyl (C=O) groups excluding carboxylic acids is 1. The van der Waals surface area contributed by atoms with Gasteiger partial charge in [-0.3, -0.25) is 4.79 Å². The van der Waals surface area contributed by atoms with Gasteiger partial charge in [0, 0.05) is 23.9 Å². The first-order valence-electron chi connectivity index (χ1n) is 7.71. The Morgan fingerprint density at radius 2 is 2.09 bits per heavy atom. The van der Waals surface area contributed by atoms with Crippen molar-refractivity contribution in [2.75, 3.05) is 19.0 Å². The summed E-state index contributed by atoms with van der Waals surface area (Å²) in [7, 11) is 0. The van der Waals surface area contributed by atoms with E-state index in [9.17, 15) is 9.18 Å². The zero-order valence-electron chi connectivity index (χ0n) is 12.8. The number of ether oxygens (including phenoxy) is 1. The van der Waals surface area contributed by atoms with Crippen LogP contribution in [0.3, 0.4) is 0 Å². The number of nitrogens with one attached hydrogen (secondary N) is 1. The normalized spacial score (nSPS) is 22.6. The standard InChI is InChI=1S/C16H21FN2O2S.ClH/c17-12-3-1-2-11-13(6-9-22-15(11)12)19-16(20)14(18)10-4-7-21-8-5-10;/h1-3,10,13-14H,4-9,18H2,(H,19,20);1H. The van der Waals surface area contributed by atoms with Gasteiger partial charge in [-0.2, -0.15) is 0 Å². The highest BCUT2D eigenvalue weighted by Gasteiger charge is 2.30. The van der Waals surface area contributed by atoms with Gasteiger partial charge in [-0.15, -0.1) is 24.2 Å². The van der Waals surface area contributed by atoms with Gasteiger partial charge in [0.05, 0.1) is 12.1 Å². The van der Waals surface area contributed by atoms with E-state index in [0.29, 0.717) is 18.1 Å². The Hall–Kier alpha value is -0.820. The number of benzene rings is 1. The number of rotatable bonds is 3. The fourth-order valence-corrected chi connectivity index (χ4v) is 4.23. The van der Waals surface area contributed by atoms with Gasteiger partial charge in [-0.25, -0.2) is 4.39 Å². The molecule has 0 bridgehead atoms. The van der Waals surface area contributed by atoms with Crippen molar-refractivity contribution in [3.8, 4) is 0 Å². The van der Waals surface area contributed by atoms with Crippen LogP contribution in [0.2, 0.25) is 0 Å². The van der Waals surface area contributed by atoms with Gasteiger partial charge in [-0.1, -0.05) is 12.1 Å². The summed E-state index contributed by atoms with van der Waals surface area (Å²) in [4.78, 5) is 13.1. The maximum absolute atomic E-state index is 13.9. The first-order valence-corrected chi connectivity index (χ1v) is 8.70. The van der Waals surface area contributed by atoms with E-state index in [0.717, 1.165) is 30.6 Å². The Bertz CT molecular complexity index is 555. The summed E-state index contributed by atoms with van der Waals surface area (Å²) in [6.45, 7) is 1.33. The molecule has 2 heterocycles. The van der Waals surface area contributed by atoms with Crippen molar-refractivity contribution in [1.29, 1.82) is 0 Å². The van der Waals surface area contributed by atoms with Gasteiger partial charge in [0.25, 0.3) is 0 Å². The van der Waals surface area contributed by atoms with Crippen molar-refractivity contribution in [1.82, 2.24) is 5.32 Å². The first-order chi connectivity index (χ1) is 10.7. The van der Waals surface area contributed by atoms with Crippen LogP contribution in [0.25, 0.3) is 0 Å². The van der Waals surface area contributed by atoms with Crippen molar-refractivity contribution in [2.24, 2.45) is 11.7 Å². The van der Waals surface area contributed by atoms with Crippen LogP contribution in [0.1, 0.15) is 30.9 Å². The molecule has 0 radical (unpaired) electrons. The zero-order valence-corrected chi connectivity index (χ0v) is 14.4. The minimum Gasteiger partial charge on any atom is -0.381 e. The fraction of sp³-hybridized carbons (Fsp3) is 0.562. The summed E-state index contributed by atoms with van der Waals surface area (Å²) in [5.41, 5.74) is 6.98. The molecule has 2 aliphatic rings. The number of nitrogens with two attached hydrogens (primary N) is 1. The molecule has 3 rings (SSSR count). The molecule has 1 saturated heterocycles. The van der Waals surface area contributed by atoms with Crippen LogP contribution in [-0.4, -0.2) is 30.9 Å². The maximum atomic E-state index is 13.9. The lowest BCUT2D eigenvalue weighted by atomic mass is 9.91. The molecule has 7 heteroatoms.